The van der Waals surface area contributed by atoms with Gasteiger partial charge in [-0.3, -0.25) is 9.59 Å². The molecule has 0 spiro atoms. The van der Waals surface area contributed by atoms with Crippen LogP contribution >= 0.6 is 0 Å². The lowest BCUT2D eigenvalue weighted by atomic mass is 10.2. The smallest absolute Gasteiger partial charge is 0.323 e. The van der Waals surface area contributed by atoms with E-state index in [0.29, 0.717) is 18.0 Å². The Morgan fingerprint density at radius 2 is 1.95 bits per heavy atom. The van der Waals surface area contributed by atoms with Gasteiger partial charge in [0.25, 0.3) is 0 Å². The Balaban J connectivity index is 1.98. The fourth-order valence-electron chi connectivity index (χ4n) is 1.85. The second-order valence-electron chi connectivity index (χ2n) is 4.94. The average molecular weight is 277 g/mol. The van der Waals surface area contributed by atoms with E-state index in [9.17, 15) is 14.0 Å². The normalized spacial score (nSPS) is 14.4. The topological polar surface area (TPSA) is 57.6 Å². The van der Waals surface area contributed by atoms with Gasteiger partial charge in [-0.1, -0.05) is 12.1 Å². The van der Waals surface area contributed by atoms with Crippen LogP contribution in [0, 0.1) is 11.7 Å². The van der Waals surface area contributed by atoms with Crippen LogP contribution in [-0.2, 0) is 9.59 Å². The first-order chi connectivity index (χ1) is 9.54. The number of rotatable bonds is 6. The quantitative estimate of drug-likeness (QED) is 0.811. The molecule has 1 aromatic rings. The Labute approximate surface area is 116 Å². The zero-order valence-electron chi connectivity index (χ0n) is 11.0. The molecule has 0 unspecified atom stereocenters. The van der Waals surface area contributed by atoms with Crippen molar-refractivity contribution < 1.29 is 19.1 Å². The minimum Gasteiger partial charge on any atom is -0.480 e. The molecule has 0 atom stereocenters. The zero-order valence-corrected chi connectivity index (χ0v) is 11.0. The number of halogens is 1. The lowest BCUT2D eigenvalue weighted by Gasteiger charge is -2.18. The molecule has 0 aromatic heterocycles. The SMILES string of the molecule is O=C(O)CN(CC1CC1)C(=O)/C=C/c1ccc(F)cc1. The lowest BCUT2D eigenvalue weighted by molar-refractivity contribution is -0.142. The van der Waals surface area contributed by atoms with E-state index in [0.717, 1.165) is 12.8 Å². The van der Waals surface area contributed by atoms with Crippen molar-refractivity contribution in [3.63, 3.8) is 0 Å². The highest BCUT2D eigenvalue weighted by Crippen LogP contribution is 2.29. The molecule has 1 saturated carbocycles. The lowest BCUT2D eigenvalue weighted by Crippen LogP contribution is -2.36. The van der Waals surface area contributed by atoms with Crippen LogP contribution in [0.25, 0.3) is 6.08 Å². The Hall–Kier alpha value is -2.17. The molecular formula is C15H16FNO3. The van der Waals surface area contributed by atoms with Gasteiger partial charge in [0.2, 0.25) is 5.91 Å². The van der Waals surface area contributed by atoms with E-state index in [1.807, 2.05) is 0 Å². The highest BCUT2D eigenvalue weighted by Gasteiger charge is 2.26. The third-order valence-corrected chi connectivity index (χ3v) is 3.10. The molecular weight excluding hydrogens is 261 g/mol. The molecule has 1 amide bonds. The number of carbonyl (C=O) groups excluding carboxylic acids is 1. The van der Waals surface area contributed by atoms with Crippen molar-refractivity contribution in [1.29, 1.82) is 0 Å². The number of aliphatic carboxylic acids is 1. The molecule has 0 heterocycles. The number of carbonyl (C=O) groups is 2. The van der Waals surface area contributed by atoms with Crippen molar-refractivity contribution in [2.45, 2.75) is 12.8 Å². The van der Waals surface area contributed by atoms with Gasteiger partial charge in [-0.2, -0.15) is 0 Å². The van der Waals surface area contributed by atoms with Gasteiger partial charge in [0.1, 0.15) is 12.4 Å². The van der Waals surface area contributed by atoms with E-state index in [2.05, 4.69) is 0 Å². The molecule has 2 rings (SSSR count). The third-order valence-electron chi connectivity index (χ3n) is 3.10. The molecule has 1 N–H and O–H groups in total. The molecule has 1 aromatic carbocycles. The molecule has 106 valence electrons. The van der Waals surface area contributed by atoms with Crippen molar-refractivity contribution in [2.75, 3.05) is 13.1 Å². The van der Waals surface area contributed by atoms with Crippen molar-refractivity contribution in [2.24, 2.45) is 5.92 Å². The van der Waals surface area contributed by atoms with Gasteiger partial charge >= 0.3 is 5.97 Å². The van der Waals surface area contributed by atoms with Gasteiger partial charge in [0.15, 0.2) is 0 Å². The summed E-state index contributed by atoms with van der Waals surface area (Å²) >= 11 is 0. The minimum atomic E-state index is -1.02. The van der Waals surface area contributed by atoms with Crippen molar-refractivity contribution >= 4 is 18.0 Å². The molecule has 5 heteroatoms. The van der Waals surface area contributed by atoms with E-state index < -0.39 is 5.97 Å². The molecule has 0 aliphatic heterocycles. The summed E-state index contributed by atoms with van der Waals surface area (Å²) in [5, 5.41) is 8.82. The summed E-state index contributed by atoms with van der Waals surface area (Å²) in [7, 11) is 0. The number of carboxylic acids is 1. The first kappa shape index (κ1) is 14.2. The molecule has 1 aliphatic rings. The molecule has 0 saturated heterocycles. The predicted molar refractivity (Wildman–Crippen MR) is 72.4 cm³/mol. The monoisotopic (exact) mass is 277 g/mol. The van der Waals surface area contributed by atoms with Gasteiger partial charge < -0.3 is 10.0 Å². The second-order valence-corrected chi connectivity index (χ2v) is 4.94. The Bertz CT molecular complexity index is 520. The number of hydrogen-bond acceptors (Lipinski definition) is 2. The molecule has 20 heavy (non-hydrogen) atoms. The average Bonchev–Trinajstić information content (AvgIpc) is 3.20. The number of hydrogen-bond donors (Lipinski definition) is 1. The fourth-order valence-corrected chi connectivity index (χ4v) is 1.85. The van der Waals surface area contributed by atoms with Crippen LogP contribution in [0.15, 0.2) is 30.3 Å². The maximum Gasteiger partial charge on any atom is 0.323 e. The molecule has 0 radical (unpaired) electrons. The summed E-state index contributed by atoms with van der Waals surface area (Å²) in [6.07, 6.45) is 4.98. The number of benzene rings is 1. The third kappa shape index (κ3) is 4.50. The van der Waals surface area contributed by atoms with Crippen molar-refractivity contribution in [3.8, 4) is 0 Å². The number of nitrogens with zero attached hydrogens (tertiary/aromatic N) is 1. The van der Waals surface area contributed by atoms with E-state index in [1.54, 1.807) is 18.2 Å². The van der Waals surface area contributed by atoms with Crippen molar-refractivity contribution in [3.05, 3.63) is 41.7 Å². The summed E-state index contributed by atoms with van der Waals surface area (Å²) in [5.74, 6) is -1.26. The van der Waals surface area contributed by atoms with E-state index in [1.165, 1.54) is 23.1 Å². The number of carboxylic acid groups (broad SMARTS) is 1. The van der Waals surface area contributed by atoms with Gasteiger partial charge in [-0.05, 0) is 42.5 Å². The van der Waals surface area contributed by atoms with Crippen LogP contribution in [-0.4, -0.2) is 35.0 Å². The standard InChI is InChI=1S/C15H16FNO3/c16-13-6-3-11(4-7-13)5-8-14(18)17(10-15(19)20)9-12-1-2-12/h3-8,12H,1-2,9-10H2,(H,19,20)/b8-5+. The summed E-state index contributed by atoms with van der Waals surface area (Å²) in [6.45, 7) is 0.196. The van der Waals surface area contributed by atoms with Crippen LogP contribution in [0.5, 0.6) is 0 Å². The van der Waals surface area contributed by atoms with Crippen LogP contribution in [0.2, 0.25) is 0 Å². The number of amides is 1. The predicted octanol–water partition coefficient (Wildman–Crippen LogP) is 2.16. The first-order valence-corrected chi connectivity index (χ1v) is 6.49. The maximum absolute atomic E-state index is 12.7. The van der Waals surface area contributed by atoms with Crippen LogP contribution < -0.4 is 0 Å². The summed E-state index contributed by atoms with van der Waals surface area (Å²) in [5.41, 5.74) is 0.696. The first-order valence-electron chi connectivity index (χ1n) is 6.49. The van der Waals surface area contributed by atoms with Crippen molar-refractivity contribution in [1.82, 2.24) is 4.90 Å². The summed E-state index contributed by atoms with van der Waals surface area (Å²) in [6, 6.07) is 5.73. The Morgan fingerprint density at radius 1 is 1.30 bits per heavy atom. The zero-order chi connectivity index (χ0) is 14.5. The van der Waals surface area contributed by atoms with E-state index >= 15 is 0 Å². The van der Waals surface area contributed by atoms with Gasteiger partial charge in [-0.15, -0.1) is 0 Å². The Kier molecular flexibility index (Phi) is 4.50. The Morgan fingerprint density at radius 3 is 2.50 bits per heavy atom. The maximum atomic E-state index is 12.7. The minimum absolute atomic E-state index is 0.289. The van der Waals surface area contributed by atoms with Gasteiger partial charge in [-0.25, -0.2) is 4.39 Å². The largest absolute Gasteiger partial charge is 0.480 e. The molecule has 1 fully saturated rings. The summed E-state index contributed by atoms with van der Waals surface area (Å²) in [4.78, 5) is 24.1. The van der Waals surface area contributed by atoms with Crippen LogP contribution in [0.3, 0.4) is 0 Å². The van der Waals surface area contributed by atoms with Gasteiger partial charge in [0.05, 0.1) is 0 Å². The highest BCUT2D eigenvalue weighted by molar-refractivity contribution is 5.93. The summed E-state index contributed by atoms with van der Waals surface area (Å²) < 4.78 is 12.7. The van der Waals surface area contributed by atoms with E-state index in [-0.39, 0.29) is 18.3 Å². The van der Waals surface area contributed by atoms with Crippen LogP contribution in [0.4, 0.5) is 4.39 Å². The van der Waals surface area contributed by atoms with Crippen LogP contribution in [0.1, 0.15) is 18.4 Å². The van der Waals surface area contributed by atoms with E-state index in [4.69, 9.17) is 5.11 Å². The van der Waals surface area contributed by atoms with Gasteiger partial charge in [0, 0.05) is 12.6 Å². The molecule has 1 aliphatic carbocycles. The highest BCUT2D eigenvalue weighted by atomic mass is 19.1. The molecule has 0 bridgehead atoms. The molecule has 4 nitrogen and oxygen atoms in total. The second kappa shape index (κ2) is 6.32. The fraction of sp³-hybridized carbons (Fsp3) is 0.333.